The van der Waals surface area contributed by atoms with E-state index < -0.39 is 66.2 Å². The summed E-state index contributed by atoms with van der Waals surface area (Å²) in [5, 5.41) is 18.8. The summed E-state index contributed by atoms with van der Waals surface area (Å²) >= 11 is 0. The quantitative estimate of drug-likeness (QED) is 0.0464. The van der Waals surface area contributed by atoms with Crippen LogP contribution in [0.2, 0.25) is 0 Å². The second-order valence-corrected chi connectivity index (χ2v) is 8.83. The summed E-state index contributed by atoms with van der Waals surface area (Å²) in [6, 6.07) is -4.41. The molecule has 0 aromatic heterocycles. The van der Waals surface area contributed by atoms with Crippen molar-refractivity contribution in [3.05, 3.63) is 0 Å². The van der Waals surface area contributed by atoms with Crippen molar-refractivity contribution in [3.63, 3.8) is 0 Å². The van der Waals surface area contributed by atoms with Gasteiger partial charge in [-0.05, 0) is 32.1 Å². The molecule has 0 heterocycles. The van der Waals surface area contributed by atoms with Gasteiger partial charge in [-0.3, -0.25) is 29.0 Å². The third-order valence-electron chi connectivity index (χ3n) is 5.63. The van der Waals surface area contributed by atoms with Crippen molar-refractivity contribution >= 4 is 41.5 Å². The van der Waals surface area contributed by atoms with Crippen molar-refractivity contribution < 1.29 is 33.9 Å². The zero-order valence-corrected chi connectivity index (χ0v) is 22.0. The second kappa shape index (κ2) is 17.5. The fourth-order valence-electron chi connectivity index (χ4n) is 3.04. The Balaban J connectivity index is 5.05. The molecule has 0 aliphatic heterocycles. The summed E-state index contributed by atoms with van der Waals surface area (Å²) in [6.07, 6.45) is 0.434. The summed E-state index contributed by atoms with van der Waals surface area (Å²) in [4.78, 5) is 76.0. The van der Waals surface area contributed by atoms with Gasteiger partial charge in [0.2, 0.25) is 29.5 Å². The highest BCUT2D eigenvalue weighted by atomic mass is 16.4. The van der Waals surface area contributed by atoms with E-state index in [4.69, 9.17) is 22.9 Å². The van der Waals surface area contributed by atoms with Crippen LogP contribution in [0.3, 0.4) is 0 Å². The summed E-state index contributed by atoms with van der Waals surface area (Å²) in [5.74, 6) is -5.16. The number of aliphatic carboxylic acids is 1. The van der Waals surface area contributed by atoms with Gasteiger partial charge in [-0.25, -0.2) is 4.79 Å². The van der Waals surface area contributed by atoms with Gasteiger partial charge in [0, 0.05) is 13.0 Å². The fraction of sp³-hybridized carbons (Fsp3) is 0.682. The van der Waals surface area contributed by atoms with E-state index >= 15 is 0 Å². The van der Waals surface area contributed by atoms with E-state index in [0.717, 1.165) is 0 Å². The Kier molecular flexibility index (Phi) is 15.7. The molecule has 0 bridgehead atoms. The van der Waals surface area contributed by atoms with Gasteiger partial charge in [0.25, 0.3) is 0 Å². The first-order chi connectivity index (χ1) is 17.7. The van der Waals surface area contributed by atoms with Crippen molar-refractivity contribution in [1.82, 2.24) is 21.3 Å². The van der Waals surface area contributed by atoms with E-state index in [1.165, 1.54) is 6.92 Å². The zero-order valence-electron chi connectivity index (χ0n) is 22.0. The maximum Gasteiger partial charge on any atom is 0.326 e. The van der Waals surface area contributed by atoms with Crippen LogP contribution in [0.25, 0.3) is 0 Å². The highest BCUT2D eigenvalue weighted by Gasteiger charge is 2.27. The van der Waals surface area contributed by atoms with E-state index in [1.807, 2.05) is 6.92 Å². The molecule has 0 saturated carbocycles. The topological polar surface area (TPSA) is 287 Å². The number of carboxylic acid groups (broad SMARTS) is 1. The first kappa shape index (κ1) is 34.0. The van der Waals surface area contributed by atoms with E-state index in [0.29, 0.717) is 6.42 Å². The number of primary amides is 1. The third-order valence-corrected chi connectivity index (χ3v) is 5.63. The summed E-state index contributed by atoms with van der Waals surface area (Å²) < 4.78 is 0. The van der Waals surface area contributed by atoms with E-state index in [9.17, 15) is 33.9 Å². The van der Waals surface area contributed by atoms with Crippen LogP contribution in [-0.2, 0) is 28.8 Å². The largest absolute Gasteiger partial charge is 0.480 e. The van der Waals surface area contributed by atoms with Gasteiger partial charge >= 0.3 is 5.97 Å². The summed E-state index contributed by atoms with van der Waals surface area (Å²) in [6.45, 7) is 4.68. The van der Waals surface area contributed by atoms with Crippen LogP contribution in [0.5, 0.6) is 0 Å². The molecule has 38 heavy (non-hydrogen) atoms. The molecule has 5 amide bonds. The van der Waals surface area contributed by atoms with E-state index in [1.54, 1.807) is 6.92 Å². The lowest BCUT2D eigenvalue weighted by Gasteiger charge is -2.22. The van der Waals surface area contributed by atoms with Crippen LogP contribution in [0.1, 0.15) is 52.9 Å². The molecule has 0 saturated heterocycles. The molecular weight excluding hydrogens is 502 g/mol. The Morgan fingerprint density at radius 1 is 0.868 bits per heavy atom. The fourth-order valence-corrected chi connectivity index (χ4v) is 3.04. The number of rotatable bonds is 18. The monoisotopic (exact) mass is 543 g/mol. The van der Waals surface area contributed by atoms with Gasteiger partial charge in [-0.15, -0.1) is 0 Å². The third kappa shape index (κ3) is 14.0. The molecule has 0 aliphatic rings. The maximum atomic E-state index is 12.7. The number of guanidine groups is 1. The number of nitrogens with zero attached hydrogens (tertiary/aromatic N) is 1. The number of nitrogens with two attached hydrogens (primary N) is 4. The van der Waals surface area contributed by atoms with Crippen LogP contribution in [0.15, 0.2) is 4.99 Å². The van der Waals surface area contributed by atoms with Crippen LogP contribution < -0.4 is 44.2 Å². The SMILES string of the molecule is CCC(C)C(N)C(=O)NC(C)C(=O)NCC(=O)NC(CCC(N)=O)C(=O)NC(CCCN=C(N)N)C(=O)O. The highest BCUT2D eigenvalue weighted by Crippen LogP contribution is 2.06. The lowest BCUT2D eigenvalue weighted by Crippen LogP contribution is -2.55. The summed E-state index contributed by atoms with van der Waals surface area (Å²) in [5.41, 5.74) is 21.4. The molecule has 0 rings (SSSR count). The van der Waals surface area contributed by atoms with Gasteiger partial charge in [-0.2, -0.15) is 0 Å². The van der Waals surface area contributed by atoms with Gasteiger partial charge in [0.05, 0.1) is 12.6 Å². The number of amides is 5. The number of hydrogen-bond acceptors (Lipinski definition) is 8. The molecule has 5 atom stereocenters. The number of carbonyl (C=O) groups excluding carboxylic acids is 5. The van der Waals surface area contributed by atoms with Crippen LogP contribution >= 0.6 is 0 Å². The average Bonchev–Trinajstić information content (AvgIpc) is 2.84. The Morgan fingerprint density at radius 2 is 1.50 bits per heavy atom. The van der Waals surface area contributed by atoms with Crippen LogP contribution in [0, 0.1) is 5.92 Å². The maximum absolute atomic E-state index is 12.7. The second-order valence-electron chi connectivity index (χ2n) is 8.83. The Morgan fingerprint density at radius 3 is 2.03 bits per heavy atom. The molecule has 0 fully saturated rings. The normalized spacial score (nSPS) is 14.5. The highest BCUT2D eigenvalue weighted by molar-refractivity contribution is 5.94. The minimum absolute atomic E-state index is 0.00526. The minimum Gasteiger partial charge on any atom is -0.480 e. The molecule has 0 aromatic rings. The smallest absolute Gasteiger partial charge is 0.326 e. The summed E-state index contributed by atoms with van der Waals surface area (Å²) in [7, 11) is 0. The van der Waals surface area contributed by atoms with Crippen molar-refractivity contribution in [2.75, 3.05) is 13.1 Å². The predicted octanol–water partition coefficient (Wildman–Crippen LogP) is -3.65. The van der Waals surface area contributed by atoms with Crippen molar-refractivity contribution in [2.24, 2.45) is 33.8 Å². The van der Waals surface area contributed by atoms with Crippen LogP contribution in [-0.4, -0.2) is 83.8 Å². The Bertz CT molecular complexity index is 877. The number of carboxylic acids is 1. The first-order valence-electron chi connectivity index (χ1n) is 12.2. The molecule has 13 N–H and O–H groups in total. The number of aliphatic imine (C=N–C) groups is 1. The van der Waals surface area contributed by atoms with E-state index in [-0.39, 0.29) is 44.1 Å². The van der Waals surface area contributed by atoms with Gasteiger partial charge in [0.15, 0.2) is 5.96 Å². The zero-order chi connectivity index (χ0) is 29.4. The molecule has 0 radical (unpaired) electrons. The lowest BCUT2D eigenvalue weighted by molar-refractivity contribution is -0.142. The Labute approximate surface area is 221 Å². The van der Waals surface area contributed by atoms with Gasteiger partial charge in [0.1, 0.15) is 18.1 Å². The van der Waals surface area contributed by atoms with Crippen molar-refractivity contribution in [3.8, 4) is 0 Å². The molecule has 0 aliphatic carbocycles. The first-order valence-corrected chi connectivity index (χ1v) is 12.2. The van der Waals surface area contributed by atoms with Crippen molar-refractivity contribution in [2.45, 2.75) is 77.0 Å². The number of carbonyl (C=O) groups is 6. The molecule has 216 valence electrons. The number of nitrogens with one attached hydrogen (secondary N) is 4. The average molecular weight is 544 g/mol. The lowest BCUT2D eigenvalue weighted by atomic mass is 9.99. The van der Waals surface area contributed by atoms with Gasteiger partial charge in [-0.1, -0.05) is 20.3 Å². The van der Waals surface area contributed by atoms with Crippen LogP contribution in [0.4, 0.5) is 0 Å². The van der Waals surface area contributed by atoms with E-state index in [2.05, 4.69) is 26.3 Å². The Hall–Kier alpha value is -3.95. The predicted molar refractivity (Wildman–Crippen MR) is 138 cm³/mol. The molecule has 0 aromatic carbocycles. The standard InChI is InChI=1S/C22H41N9O7/c1-4-11(2)17(24)20(36)29-12(3)18(34)28-10-16(33)30-13(7-8-15(23)32)19(35)31-14(21(37)38)6-5-9-27-22(25)26/h11-14,17H,4-10,24H2,1-3H3,(H2,23,32)(H,28,34)(H,29,36)(H,30,33)(H,31,35)(H,37,38)(H4,25,26,27). The van der Waals surface area contributed by atoms with Crippen molar-refractivity contribution in [1.29, 1.82) is 0 Å². The molecule has 16 nitrogen and oxygen atoms in total. The molecular formula is C22H41N9O7. The van der Waals surface area contributed by atoms with Gasteiger partial charge < -0.3 is 49.3 Å². The minimum atomic E-state index is -1.32. The molecule has 0 spiro atoms. The molecule has 16 heteroatoms. The molecule has 5 unspecified atom stereocenters. The number of hydrogen-bond donors (Lipinski definition) is 9.